The molecule has 0 saturated heterocycles. The summed E-state index contributed by atoms with van der Waals surface area (Å²) in [6.07, 6.45) is 3.90. The molecule has 14 heteroatoms. The van der Waals surface area contributed by atoms with Crippen LogP contribution in [0.3, 0.4) is 0 Å². The lowest BCUT2D eigenvalue weighted by atomic mass is 10.0. The van der Waals surface area contributed by atoms with Crippen LogP contribution in [0.4, 0.5) is 0 Å². The van der Waals surface area contributed by atoms with Gasteiger partial charge in [-0.1, -0.05) is 20.3 Å². The van der Waals surface area contributed by atoms with Crippen LogP contribution in [0.25, 0.3) is 0 Å². The monoisotopic (exact) mass is 496 g/mol. The number of H-pyrrole nitrogens is 1. The molecule has 0 aromatic carbocycles. The van der Waals surface area contributed by atoms with Gasteiger partial charge in [-0.2, -0.15) is 0 Å². The first-order chi connectivity index (χ1) is 16.5. The number of carbonyl (C=O) groups is 5. The maximum atomic E-state index is 13.1. The number of primary amides is 1. The van der Waals surface area contributed by atoms with E-state index in [-0.39, 0.29) is 12.3 Å². The highest BCUT2D eigenvalue weighted by Crippen LogP contribution is 2.07. The average molecular weight is 497 g/mol. The quantitative estimate of drug-likeness (QED) is 0.112. The van der Waals surface area contributed by atoms with Gasteiger partial charge in [0.25, 0.3) is 0 Å². The van der Waals surface area contributed by atoms with Crippen LogP contribution in [0.15, 0.2) is 12.5 Å². The first-order valence-corrected chi connectivity index (χ1v) is 11.3. The number of carbonyl (C=O) groups excluding carboxylic acids is 4. The summed E-state index contributed by atoms with van der Waals surface area (Å²) in [5.74, 6) is -4.76. The number of amides is 4. The number of nitrogens with one attached hydrogen (secondary N) is 4. The molecule has 14 nitrogen and oxygen atoms in total. The molecule has 1 heterocycles. The van der Waals surface area contributed by atoms with Crippen LogP contribution in [-0.2, 0) is 30.4 Å². The van der Waals surface area contributed by atoms with E-state index in [2.05, 4.69) is 25.9 Å². The van der Waals surface area contributed by atoms with Crippen molar-refractivity contribution in [2.24, 2.45) is 23.1 Å². The summed E-state index contributed by atoms with van der Waals surface area (Å²) < 4.78 is 0. The highest BCUT2D eigenvalue weighted by molar-refractivity contribution is 5.95. The lowest BCUT2D eigenvalue weighted by Crippen LogP contribution is -2.59. The van der Waals surface area contributed by atoms with E-state index in [0.717, 1.165) is 0 Å². The second-order valence-corrected chi connectivity index (χ2v) is 8.53. The lowest BCUT2D eigenvalue weighted by molar-refractivity contribution is -0.143. The Kier molecular flexibility index (Phi) is 12.4. The fraction of sp³-hybridized carbons (Fsp3) is 0.619. The minimum Gasteiger partial charge on any atom is -0.480 e. The summed E-state index contributed by atoms with van der Waals surface area (Å²) in [6, 6.07) is -4.66. The van der Waals surface area contributed by atoms with Crippen LogP contribution in [0.5, 0.6) is 0 Å². The van der Waals surface area contributed by atoms with Gasteiger partial charge in [0.2, 0.25) is 23.6 Å². The molecule has 0 aliphatic rings. The summed E-state index contributed by atoms with van der Waals surface area (Å²) in [5.41, 5.74) is 16.9. The molecule has 0 aliphatic heterocycles. The Labute approximate surface area is 203 Å². The second kappa shape index (κ2) is 14.7. The highest BCUT2D eigenvalue weighted by atomic mass is 16.4. The van der Waals surface area contributed by atoms with E-state index in [1.54, 1.807) is 13.8 Å². The molecule has 1 aromatic heterocycles. The number of aliphatic carboxylic acids is 1. The number of hydrogen-bond donors (Lipinski definition) is 8. The number of unbranched alkanes of at least 4 members (excludes halogenated alkanes) is 1. The van der Waals surface area contributed by atoms with E-state index in [1.807, 2.05) is 0 Å². The second-order valence-electron chi connectivity index (χ2n) is 8.53. The van der Waals surface area contributed by atoms with Crippen molar-refractivity contribution in [3.05, 3.63) is 18.2 Å². The van der Waals surface area contributed by atoms with Crippen molar-refractivity contribution < 1.29 is 29.1 Å². The number of carboxylic acid groups (broad SMARTS) is 1. The molecule has 0 fully saturated rings. The largest absolute Gasteiger partial charge is 0.480 e. The molecule has 1 rings (SSSR count). The van der Waals surface area contributed by atoms with Crippen LogP contribution in [0.1, 0.15) is 45.2 Å². The minimum absolute atomic E-state index is 0.0577. The van der Waals surface area contributed by atoms with E-state index in [0.29, 0.717) is 31.5 Å². The van der Waals surface area contributed by atoms with Crippen molar-refractivity contribution in [3.8, 4) is 0 Å². The fourth-order valence-corrected chi connectivity index (χ4v) is 3.20. The number of imidazole rings is 1. The van der Waals surface area contributed by atoms with Gasteiger partial charge >= 0.3 is 5.97 Å². The predicted molar refractivity (Wildman–Crippen MR) is 125 cm³/mol. The minimum atomic E-state index is -1.58. The van der Waals surface area contributed by atoms with Gasteiger partial charge in [-0.3, -0.25) is 19.2 Å². The summed E-state index contributed by atoms with van der Waals surface area (Å²) >= 11 is 0. The number of rotatable bonds is 16. The van der Waals surface area contributed by atoms with E-state index < -0.39 is 60.2 Å². The van der Waals surface area contributed by atoms with E-state index >= 15 is 0 Å². The standard InChI is InChI=1S/C21H36N8O6/c1-11(2)17(29-18(31)13(23)5-3-4-6-22)20(33)27-14(7-12-9-25-10-26-12)19(32)28-15(21(34)35)8-16(24)30/h9-11,13-15,17H,3-8,22-23H2,1-2H3,(H2,24,30)(H,25,26)(H,27,33)(H,28,32)(H,29,31)(H,34,35). The van der Waals surface area contributed by atoms with Crippen LogP contribution >= 0.6 is 0 Å². The van der Waals surface area contributed by atoms with Crippen molar-refractivity contribution in [2.45, 2.75) is 70.1 Å². The molecule has 1 aromatic rings. The Morgan fingerprint density at radius 3 is 2.20 bits per heavy atom. The molecule has 196 valence electrons. The third-order valence-electron chi connectivity index (χ3n) is 5.18. The van der Waals surface area contributed by atoms with Crippen LogP contribution in [0, 0.1) is 5.92 Å². The molecule has 4 atom stereocenters. The maximum Gasteiger partial charge on any atom is 0.326 e. The van der Waals surface area contributed by atoms with Crippen LogP contribution in [0.2, 0.25) is 0 Å². The molecule has 4 unspecified atom stereocenters. The first-order valence-electron chi connectivity index (χ1n) is 11.3. The SMILES string of the molecule is CC(C)C(NC(=O)C(N)CCCCN)C(=O)NC(Cc1cnc[nH]1)C(=O)NC(CC(N)=O)C(=O)O. The first kappa shape index (κ1) is 29.5. The summed E-state index contributed by atoms with van der Waals surface area (Å²) in [5, 5.41) is 16.7. The lowest BCUT2D eigenvalue weighted by Gasteiger charge is -2.26. The highest BCUT2D eigenvalue weighted by Gasteiger charge is 2.32. The molecule has 4 amide bonds. The molecular weight excluding hydrogens is 460 g/mol. The average Bonchev–Trinajstić information content (AvgIpc) is 3.28. The number of nitrogens with zero attached hydrogens (tertiary/aromatic N) is 1. The Balaban J connectivity index is 2.98. The van der Waals surface area contributed by atoms with Gasteiger partial charge in [0, 0.05) is 18.3 Å². The van der Waals surface area contributed by atoms with Crippen molar-refractivity contribution in [1.82, 2.24) is 25.9 Å². The number of carboxylic acids is 1. The van der Waals surface area contributed by atoms with Crippen molar-refractivity contribution in [1.29, 1.82) is 0 Å². The third kappa shape index (κ3) is 10.5. The summed E-state index contributed by atoms with van der Waals surface area (Å²) in [4.78, 5) is 67.7. The number of hydrogen-bond acceptors (Lipinski definition) is 8. The molecule has 0 bridgehead atoms. The van der Waals surface area contributed by atoms with Gasteiger partial charge < -0.3 is 43.2 Å². The molecular formula is C21H36N8O6. The van der Waals surface area contributed by atoms with Crippen molar-refractivity contribution in [3.63, 3.8) is 0 Å². The van der Waals surface area contributed by atoms with Crippen molar-refractivity contribution >= 4 is 29.6 Å². The van der Waals surface area contributed by atoms with Gasteiger partial charge in [-0.05, 0) is 25.3 Å². The van der Waals surface area contributed by atoms with Crippen LogP contribution in [-0.4, -0.2) is 75.4 Å². The van der Waals surface area contributed by atoms with E-state index in [1.165, 1.54) is 12.5 Å². The normalized spacial score (nSPS) is 14.4. The zero-order valence-corrected chi connectivity index (χ0v) is 20.0. The Morgan fingerprint density at radius 1 is 1.03 bits per heavy atom. The summed E-state index contributed by atoms with van der Waals surface area (Å²) in [6.45, 7) is 3.90. The van der Waals surface area contributed by atoms with Gasteiger partial charge in [-0.15, -0.1) is 0 Å². The zero-order chi connectivity index (χ0) is 26.5. The smallest absolute Gasteiger partial charge is 0.326 e. The van der Waals surface area contributed by atoms with Gasteiger partial charge in [0.15, 0.2) is 0 Å². The molecule has 0 saturated carbocycles. The summed E-state index contributed by atoms with van der Waals surface area (Å²) in [7, 11) is 0. The molecule has 0 spiro atoms. The van der Waals surface area contributed by atoms with Crippen molar-refractivity contribution in [2.75, 3.05) is 6.54 Å². The Morgan fingerprint density at radius 2 is 1.69 bits per heavy atom. The Hall–Kier alpha value is -3.52. The number of nitrogens with two attached hydrogens (primary N) is 3. The van der Waals surface area contributed by atoms with E-state index in [9.17, 15) is 29.1 Å². The zero-order valence-electron chi connectivity index (χ0n) is 20.0. The number of aromatic nitrogens is 2. The molecule has 11 N–H and O–H groups in total. The predicted octanol–water partition coefficient (Wildman–Crippen LogP) is -2.52. The maximum absolute atomic E-state index is 13.1. The van der Waals surface area contributed by atoms with Gasteiger partial charge in [0.05, 0.1) is 18.8 Å². The van der Waals surface area contributed by atoms with Gasteiger partial charge in [0.1, 0.15) is 18.1 Å². The van der Waals surface area contributed by atoms with Gasteiger partial charge in [-0.25, -0.2) is 9.78 Å². The third-order valence-corrected chi connectivity index (χ3v) is 5.18. The molecule has 0 aliphatic carbocycles. The van der Waals surface area contributed by atoms with Crippen LogP contribution < -0.4 is 33.2 Å². The Bertz CT molecular complexity index is 860. The number of aromatic amines is 1. The van der Waals surface area contributed by atoms with E-state index in [4.69, 9.17) is 17.2 Å². The fourth-order valence-electron chi connectivity index (χ4n) is 3.20. The molecule has 0 radical (unpaired) electrons. The molecule has 35 heavy (non-hydrogen) atoms. The topological polar surface area (TPSA) is 248 Å².